The van der Waals surface area contributed by atoms with Crippen molar-refractivity contribution in [2.45, 2.75) is 26.2 Å². The van der Waals surface area contributed by atoms with Gasteiger partial charge in [0.25, 0.3) is 0 Å². The molecule has 0 atom stereocenters. The minimum absolute atomic E-state index is 0.0865. The summed E-state index contributed by atoms with van der Waals surface area (Å²) in [7, 11) is 0. The van der Waals surface area contributed by atoms with E-state index in [1.54, 1.807) is 6.07 Å². The maximum absolute atomic E-state index is 10.6. The number of carboxylic acids is 1. The predicted octanol–water partition coefficient (Wildman–Crippen LogP) is 2.32. The SMILES string of the molecule is CCCCc1ccoc1C(=O)O. The summed E-state index contributed by atoms with van der Waals surface area (Å²) in [5.74, 6) is -0.894. The number of unbranched alkanes of at least 4 members (excludes halogenated alkanes) is 1. The van der Waals surface area contributed by atoms with Crippen molar-refractivity contribution in [3.05, 3.63) is 23.7 Å². The lowest BCUT2D eigenvalue weighted by molar-refractivity contribution is 0.0660. The fourth-order valence-corrected chi connectivity index (χ4v) is 1.09. The molecule has 0 aliphatic rings. The fraction of sp³-hybridized carbons (Fsp3) is 0.444. The van der Waals surface area contributed by atoms with Gasteiger partial charge >= 0.3 is 5.97 Å². The summed E-state index contributed by atoms with van der Waals surface area (Å²) in [6, 6.07) is 1.72. The van der Waals surface area contributed by atoms with Crippen LogP contribution in [-0.2, 0) is 6.42 Å². The number of hydrogen-bond donors (Lipinski definition) is 1. The van der Waals surface area contributed by atoms with Gasteiger partial charge in [-0.05, 0) is 18.9 Å². The molecule has 3 nitrogen and oxygen atoms in total. The zero-order valence-corrected chi connectivity index (χ0v) is 7.04. The van der Waals surface area contributed by atoms with E-state index in [-0.39, 0.29) is 5.76 Å². The smallest absolute Gasteiger partial charge is 0.372 e. The number of carboxylic acid groups (broad SMARTS) is 1. The first-order valence-electron chi connectivity index (χ1n) is 4.05. The first kappa shape index (κ1) is 8.84. The van der Waals surface area contributed by atoms with Crippen LogP contribution in [0.4, 0.5) is 0 Å². The van der Waals surface area contributed by atoms with Crippen molar-refractivity contribution in [1.29, 1.82) is 0 Å². The monoisotopic (exact) mass is 168 g/mol. The zero-order chi connectivity index (χ0) is 8.97. The molecule has 3 heteroatoms. The maximum atomic E-state index is 10.6. The van der Waals surface area contributed by atoms with Crippen LogP contribution in [-0.4, -0.2) is 11.1 Å². The van der Waals surface area contributed by atoms with E-state index in [9.17, 15) is 4.79 Å². The Balaban J connectivity index is 2.70. The Bertz CT molecular complexity index is 262. The lowest BCUT2D eigenvalue weighted by Gasteiger charge is -1.95. The standard InChI is InChI=1S/C9H12O3/c1-2-3-4-7-5-6-12-8(7)9(10)11/h5-6H,2-4H2,1H3,(H,10,11). The Hall–Kier alpha value is -1.25. The third-order valence-electron chi connectivity index (χ3n) is 1.74. The molecule has 0 aromatic carbocycles. The molecule has 1 aromatic heterocycles. The normalized spacial score (nSPS) is 10.1. The summed E-state index contributed by atoms with van der Waals surface area (Å²) in [4.78, 5) is 10.6. The second-order valence-corrected chi connectivity index (χ2v) is 2.68. The number of hydrogen-bond acceptors (Lipinski definition) is 2. The molecule has 0 spiro atoms. The highest BCUT2D eigenvalue weighted by atomic mass is 16.4. The quantitative estimate of drug-likeness (QED) is 0.750. The molecule has 1 heterocycles. The summed E-state index contributed by atoms with van der Waals surface area (Å²) in [5, 5.41) is 8.66. The lowest BCUT2D eigenvalue weighted by Crippen LogP contribution is -1.98. The third kappa shape index (κ3) is 1.87. The average Bonchev–Trinajstić information content (AvgIpc) is 2.48. The van der Waals surface area contributed by atoms with Crippen LogP contribution < -0.4 is 0 Å². The first-order chi connectivity index (χ1) is 5.75. The van der Waals surface area contributed by atoms with Crippen LogP contribution in [0.3, 0.4) is 0 Å². The van der Waals surface area contributed by atoms with Gasteiger partial charge in [-0.3, -0.25) is 0 Å². The molecule has 1 rings (SSSR count). The van der Waals surface area contributed by atoms with E-state index in [4.69, 9.17) is 9.52 Å². The molecule has 0 unspecified atom stereocenters. The van der Waals surface area contributed by atoms with Crippen molar-refractivity contribution < 1.29 is 14.3 Å². The maximum Gasteiger partial charge on any atom is 0.372 e. The van der Waals surface area contributed by atoms with E-state index in [0.29, 0.717) is 0 Å². The van der Waals surface area contributed by atoms with E-state index in [1.165, 1.54) is 6.26 Å². The van der Waals surface area contributed by atoms with Gasteiger partial charge in [0.15, 0.2) is 0 Å². The summed E-state index contributed by atoms with van der Waals surface area (Å²) in [6.45, 7) is 2.07. The van der Waals surface area contributed by atoms with Crippen LogP contribution in [0.5, 0.6) is 0 Å². The van der Waals surface area contributed by atoms with E-state index < -0.39 is 5.97 Å². The number of aromatic carboxylic acids is 1. The van der Waals surface area contributed by atoms with Gasteiger partial charge in [-0.2, -0.15) is 0 Å². The molecule has 0 saturated heterocycles. The zero-order valence-electron chi connectivity index (χ0n) is 7.04. The average molecular weight is 168 g/mol. The molecule has 0 radical (unpaired) electrons. The van der Waals surface area contributed by atoms with Crippen molar-refractivity contribution in [3.8, 4) is 0 Å². The number of furan rings is 1. The van der Waals surface area contributed by atoms with Gasteiger partial charge in [0.05, 0.1) is 6.26 Å². The van der Waals surface area contributed by atoms with Crippen molar-refractivity contribution >= 4 is 5.97 Å². The molecular weight excluding hydrogens is 156 g/mol. The van der Waals surface area contributed by atoms with Crippen LogP contribution in [0.2, 0.25) is 0 Å². The highest BCUT2D eigenvalue weighted by molar-refractivity contribution is 5.86. The topological polar surface area (TPSA) is 50.4 Å². The van der Waals surface area contributed by atoms with Crippen molar-refractivity contribution in [2.24, 2.45) is 0 Å². The Morgan fingerprint density at radius 1 is 1.67 bits per heavy atom. The Morgan fingerprint density at radius 2 is 2.42 bits per heavy atom. The molecule has 0 amide bonds. The van der Waals surface area contributed by atoms with E-state index in [0.717, 1.165) is 24.8 Å². The van der Waals surface area contributed by atoms with Gasteiger partial charge in [-0.25, -0.2) is 4.79 Å². The van der Waals surface area contributed by atoms with Crippen LogP contribution in [0.15, 0.2) is 16.7 Å². The molecule has 1 aromatic rings. The largest absolute Gasteiger partial charge is 0.475 e. The minimum atomic E-state index is -0.980. The van der Waals surface area contributed by atoms with E-state index in [1.807, 2.05) is 0 Å². The molecule has 0 aliphatic heterocycles. The number of aryl methyl sites for hydroxylation is 1. The number of carbonyl (C=O) groups is 1. The van der Waals surface area contributed by atoms with Gasteiger partial charge < -0.3 is 9.52 Å². The minimum Gasteiger partial charge on any atom is -0.475 e. The van der Waals surface area contributed by atoms with Gasteiger partial charge in [0.2, 0.25) is 5.76 Å². The Labute approximate surface area is 71.0 Å². The van der Waals surface area contributed by atoms with Crippen LogP contribution in [0.25, 0.3) is 0 Å². The highest BCUT2D eigenvalue weighted by Crippen LogP contribution is 2.13. The van der Waals surface area contributed by atoms with Crippen molar-refractivity contribution in [1.82, 2.24) is 0 Å². The van der Waals surface area contributed by atoms with Crippen LogP contribution >= 0.6 is 0 Å². The van der Waals surface area contributed by atoms with Crippen LogP contribution in [0.1, 0.15) is 35.9 Å². The second-order valence-electron chi connectivity index (χ2n) is 2.68. The second kappa shape index (κ2) is 3.95. The summed E-state index contributed by atoms with van der Waals surface area (Å²) >= 11 is 0. The fourth-order valence-electron chi connectivity index (χ4n) is 1.09. The van der Waals surface area contributed by atoms with Gasteiger partial charge in [-0.15, -0.1) is 0 Å². The van der Waals surface area contributed by atoms with Gasteiger partial charge in [0, 0.05) is 5.56 Å². The predicted molar refractivity (Wildman–Crippen MR) is 44.3 cm³/mol. The molecule has 0 saturated carbocycles. The van der Waals surface area contributed by atoms with Crippen molar-refractivity contribution in [2.75, 3.05) is 0 Å². The Morgan fingerprint density at radius 3 is 3.00 bits per heavy atom. The first-order valence-corrected chi connectivity index (χ1v) is 4.05. The molecular formula is C9H12O3. The van der Waals surface area contributed by atoms with Crippen molar-refractivity contribution in [3.63, 3.8) is 0 Å². The van der Waals surface area contributed by atoms with Gasteiger partial charge in [-0.1, -0.05) is 13.3 Å². The van der Waals surface area contributed by atoms with Gasteiger partial charge in [0.1, 0.15) is 0 Å². The molecule has 0 fully saturated rings. The third-order valence-corrected chi connectivity index (χ3v) is 1.74. The molecule has 0 aliphatic carbocycles. The van der Waals surface area contributed by atoms with E-state index in [2.05, 4.69) is 6.92 Å². The summed E-state index contributed by atoms with van der Waals surface area (Å²) in [5.41, 5.74) is 0.796. The number of rotatable bonds is 4. The summed E-state index contributed by atoms with van der Waals surface area (Å²) in [6.07, 6.45) is 4.27. The highest BCUT2D eigenvalue weighted by Gasteiger charge is 2.12. The van der Waals surface area contributed by atoms with Crippen LogP contribution in [0, 0.1) is 0 Å². The molecule has 0 bridgehead atoms. The lowest BCUT2D eigenvalue weighted by atomic mass is 10.1. The Kier molecular flexibility index (Phi) is 2.91. The summed E-state index contributed by atoms with van der Waals surface area (Å²) < 4.78 is 4.82. The molecule has 66 valence electrons. The van der Waals surface area contributed by atoms with E-state index >= 15 is 0 Å². The molecule has 12 heavy (non-hydrogen) atoms. The molecule has 1 N–H and O–H groups in total.